The summed E-state index contributed by atoms with van der Waals surface area (Å²) in [7, 11) is -3.67. The highest BCUT2D eigenvalue weighted by Crippen LogP contribution is 2.38. The van der Waals surface area contributed by atoms with Crippen molar-refractivity contribution in [3.63, 3.8) is 0 Å². The minimum absolute atomic E-state index is 0.0326. The van der Waals surface area contributed by atoms with Crippen LogP contribution in [0.2, 0.25) is 0 Å². The number of carbonyl (C=O) groups excluding carboxylic acids is 1. The van der Waals surface area contributed by atoms with Crippen molar-refractivity contribution in [3.05, 3.63) is 40.6 Å². The molecule has 0 unspecified atom stereocenters. The average Bonchev–Trinajstić information content (AvgIpc) is 3.25. The molecule has 1 aromatic carbocycles. The van der Waals surface area contributed by atoms with E-state index in [2.05, 4.69) is 0 Å². The zero-order valence-electron chi connectivity index (χ0n) is 16.5. The monoisotopic (exact) mass is 450 g/mol. The summed E-state index contributed by atoms with van der Waals surface area (Å²) in [5.74, 6) is 0.773. The summed E-state index contributed by atoms with van der Waals surface area (Å²) >= 11 is 3.26. The maximum Gasteiger partial charge on any atom is 0.243 e. The van der Waals surface area contributed by atoms with Crippen LogP contribution < -0.4 is 4.90 Å². The smallest absolute Gasteiger partial charge is 0.243 e. The molecular weight excluding hydrogens is 424 g/mol. The van der Waals surface area contributed by atoms with Crippen molar-refractivity contribution in [1.82, 2.24) is 4.31 Å². The van der Waals surface area contributed by atoms with Gasteiger partial charge < -0.3 is 4.90 Å². The van der Waals surface area contributed by atoms with E-state index < -0.39 is 10.0 Å². The van der Waals surface area contributed by atoms with Gasteiger partial charge in [0.2, 0.25) is 15.9 Å². The van der Waals surface area contributed by atoms with E-state index >= 15 is 0 Å². The van der Waals surface area contributed by atoms with Crippen molar-refractivity contribution >= 4 is 44.7 Å². The zero-order chi connectivity index (χ0) is 20.4. The highest BCUT2D eigenvalue weighted by Gasteiger charge is 2.34. The molecule has 29 heavy (non-hydrogen) atoms. The van der Waals surface area contributed by atoms with Crippen LogP contribution in [0, 0.1) is 0 Å². The number of thioether (sulfide) groups is 1. The third-order valence-electron chi connectivity index (χ3n) is 5.65. The molecule has 0 N–H and O–H groups in total. The molecule has 0 spiro atoms. The van der Waals surface area contributed by atoms with Crippen molar-refractivity contribution in [2.24, 2.45) is 0 Å². The predicted molar refractivity (Wildman–Crippen MR) is 119 cm³/mol. The van der Waals surface area contributed by atoms with E-state index in [1.807, 2.05) is 23.6 Å². The molecule has 2 aliphatic rings. The Labute approximate surface area is 181 Å². The fraction of sp³-hybridized carbons (Fsp3) is 0.476. The molecule has 1 fully saturated rings. The number of fused-ring (bicyclic) bond motifs is 1. The summed E-state index contributed by atoms with van der Waals surface area (Å²) in [5.41, 5.74) is 0.717. The van der Waals surface area contributed by atoms with E-state index in [9.17, 15) is 13.2 Å². The Morgan fingerprint density at radius 3 is 2.69 bits per heavy atom. The van der Waals surface area contributed by atoms with E-state index in [0.29, 0.717) is 13.1 Å². The van der Waals surface area contributed by atoms with E-state index in [0.717, 1.165) is 46.9 Å². The summed E-state index contributed by atoms with van der Waals surface area (Å²) in [5, 5.41) is 1.99. The molecule has 1 aromatic heterocycles. The summed E-state index contributed by atoms with van der Waals surface area (Å²) in [6.45, 7) is 2.55. The van der Waals surface area contributed by atoms with Gasteiger partial charge in [-0.15, -0.1) is 23.1 Å². The Bertz CT molecular complexity index is 967. The molecule has 1 aliphatic carbocycles. The minimum atomic E-state index is -3.67. The average molecular weight is 451 g/mol. The third-order valence-corrected chi connectivity index (χ3v) is 9.45. The van der Waals surface area contributed by atoms with Gasteiger partial charge in [0.1, 0.15) is 0 Å². The summed E-state index contributed by atoms with van der Waals surface area (Å²) in [4.78, 5) is 16.1. The fourth-order valence-electron chi connectivity index (χ4n) is 4.16. The van der Waals surface area contributed by atoms with Crippen LogP contribution in [-0.2, 0) is 21.4 Å². The lowest BCUT2D eigenvalue weighted by Crippen LogP contribution is -2.41. The van der Waals surface area contributed by atoms with Gasteiger partial charge >= 0.3 is 0 Å². The number of thiophene rings is 1. The minimum Gasteiger partial charge on any atom is -0.311 e. The van der Waals surface area contributed by atoms with Gasteiger partial charge in [-0.2, -0.15) is 4.31 Å². The largest absolute Gasteiger partial charge is 0.311 e. The van der Waals surface area contributed by atoms with E-state index in [4.69, 9.17) is 0 Å². The first kappa shape index (κ1) is 20.9. The first-order valence-electron chi connectivity index (χ1n) is 10.1. The molecular formula is C21H26N2O3S3. The standard InChI is InChI=1S/C21H26N2O3S3/c1-16(24)22-11-13-28-21-10-9-19(14-20(21)22)29(25,26)23(15-18-8-5-12-27-18)17-6-3-2-4-7-17/h5,8-10,12,14,17H,2-4,6-7,11,13,15H2,1H3. The fourth-order valence-corrected chi connectivity index (χ4v) is 7.60. The van der Waals surface area contributed by atoms with Gasteiger partial charge in [-0.05, 0) is 42.5 Å². The molecule has 2 heterocycles. The van der Waals surface area contributed by atoms with Gasteiger partial charge in [-0.3, -0.25) is 4.79 Å². The van der Waals surface area contributed by atoms with Crippen LogP contribution in [-0.4, -0.2) is 37.0 Å². The molecule has 1 saturated carbocycles. The lowest BCUT2D eigenvalue weighted by Gasteiger charge is -2.34. The molecule has 5 nitrogen and oxygen atoms in total. The number of hydrogen-bond acceptors (Lipinski definition) is 5. The van der Waals surface area contributed by atoms with Crippen LogP contribution in [0.1, 0.15) is 43.9 Å². The highest BCUT2D eigenvalue weighted by molar-refractivity contribution is 7.99. The van der Waals surface area contributed by atoms with Gasteiger partial charge in [0.05, 0.1) is 10.6 Å². The second-order valence-electron chi connectivity index (χ2n) is 7.57. The van der Waals surface area contributed by atoms with Gasteiger partial charge in [0.25, 0.3) is 0 Å². The van der Waals surface area contributed by atoms with Crippen LogP contribution in [0.4, 0.5) is 5.69 Å². The number of amides is 1. The van der Waals surface area contributed by atoms with Gasteiger partial charge in [-0.25, -0.2) is 8.42 Å². The summed E-state index contributed by atoms with van der Waals surface area (Å²) in [6, 6.07) is 9.25. The number of hydrogen-bond donors (Lipinski definition) is 0. The lowest BCUT2D eigenvalue weighted by atomic mass is 9.95. The van der Waals surface area contributed by atoms with E-state index in [1.165, 1.54) is 13.3 Å². The number of rotatable bonds is 5. The second kappa shape index (κ2) is 8.79. The van der Waals surface area contributed by atoms with Gasteiger partial charge in [-0.1, -0.05) is 25.3 Å². The SMILES string of the molecule is CC(=O)N1CCSc2ccc(S(=O)(=O)N(Cc3cccs3)C3CCCCC3)cc21. The summed E-state index contributed by atoms with van der Waals surface area (Å²) < 4.78 is 29.2. The molecule has 1 aliphatic heterocycles. The quantitative estimate of drug-likeness (QED) is 0.661. The highest BCUT2D eigenvalue weighted by atomic mass is 32.2. The Kier molecular flexibility index (Phi) is 6.34. The van der Waals surface area contributed by atoms with Crippen molar-refractivity contribution < 1.29 is 13.2 Å². The zero-order valence-corrected chi connectivity index (χ0v) is 19.0. The molecule has 1 amide bonds. The van der Waals surface area contributed by atoms with Crippen LogP contribution in [0.3, 0.4) is 0 Å². The molecule has 8 heteroatoms. The van der Waals surface area contributed by atoms with Gasteiger partial charge in [0.15, 0.2) is 0 Å². The van der Waals surface area contributed by atoms with E-state index in [1.54, 1.807) is 44.4 Å². The molecule has 0 atom stereocenters. The maximum atomic E-state index is 13.7. The summed E-state index contributed by atoms with van der Waals surface area (Å²) in [6.07, 6.45) is 5.13. The molecule has 2 aromatic rings. The Morgan fingerprint density at radius 2 is 2.00 bits per heavy atom. The molecule has 0 saturated heterocycles. The second-order valence-corrected chi connectivity index (χ2v) is 11.6. The molecule has 4 rings (SSSR count). The van der Waals surface area contributed by atoms with Crippen molar-refractivity contribution in [3.8, 4) is 0 Å². The lowest BCUT2D eigenvalue weighted by molar-refractivity contribution is -0.116. The van der Waals surface area contributed by atoms with Crippen molar-refractivity contribution in [2.75, 3.05) is 17.2 Å². The number of benzene rings is 1. The first-order chi connectivity index (χ1) is 14.0. The van der Waals surface area contributed by atoms with Crippen LogP contribution in [0.5, 0.6) is 0 Å². The Morgan fingerprint density at radius 1 is 1.21 bits per heavy atom. The number of nitrogens with zero attached hydrogens (tertiary/aromatic N) is 2. The van der Waals surface area contributed by atoms with Crippen molar-refractivity contribution in [2.45, 2.75) is 61.4 Å². The van der Waals surface area contributed by atoms with Crippen LogP contribution >= 0.6 is 23.1 Å². The topological polar surface area (TPSA) is 57.7 Å². The first-order valence-corrected chi connectivity index (χ1v) is 13.4. The maximum absolute atomic E-state index is 13.7. The normalized spacial score (nSPS) is 18.1. The molecule has 0 radical (unpaired) electrons. The molecule has 0 bridgehead atoms. The van der Waals surface area contributed by atoms with Gasteiger partial charge in [0, 0.05) is 41.6 Å². The van der Waals surface area contributed by atoms with E-state index in [-0.39, 0.29) is 16.8 Å². The Balaban J connectivity index is 1.72. The Hall–Kier alpha value is -1.35. The number of anilines is 1. The van der Waals surface area contributed by atoms with Crippen LogP contribution in [0.15, 0.2) is 45.5 Å². The number of sulfonamides is 1. The van der Waals surface area contributed by atoms with Crippen molar-refractivity contribution in [1.29, 1.82) is 0 Å². The third kappa shape index (κ3) is 4.40. The predicted octanol–water partition coefficient (Wildman–Crippen LogP) is 4.73. The molecule has 156 valence electrons. The van der Waals surface area contributed by atoms with Crippen LogP contribution in [0.25, 0.3) is 0 Å². The number of carbonyl (C=O) groups is 1.